The molecule has 86 heavy (non-hydrogen) atoms. The molecule has 1 unspecified atom stereocenters. The number of nitrogens with zero attached hydrogens (tertiary/aromatic N) is 8. The van der Waals surface area contributed by atoms with Gasteiger partial charge in [-0.1, -0.05) is 116 Å². The Hall–Kier alpha value is -7.36. The summed E-state index contributed by atoms with van der Waals surface area (Å²) in [6, 6.07) is 22.7. The summed E-state index contributed by atoms with van der Waals surface area (Å²) in [5.74, 6) is -2.85. The summed E-state index contributed by atoms with van der Waals surface area (Å²) in [7, 11) is 1.70. The molecule has 4 aliphatic rings. The van der Waals surface area contributed by atoms with E-state index in [2.05, 4.69) is 71.5 Å². The van der Waals surface area contributed by atoms with Crippen LogP contribution in [0.2, 0.25) is 0 Å². The standard InChI is InChI=1S/C65H89N13O8/c1-5-44(6-2)60(81)69-58-47(40-79)28-30-49-32-34-54(77(49)64(58)85)62(83)67-56(45-20-10-8-11-21-45)52-38-75(73-71-52)36-16-14-18-42-24-26-43(27-25-42)19-15-17-37-76-39-53(72-74-76)57(46-22-12-9-13-23-46)68-63(84)55-35-33-50-31-29-48(41-80)59(65(86)78(50)55)70-61(82)51(7-3)66-4/h8-13,20-27,38-39,44,47-51,54-59,66,79-80H,5-7,14-19,28-37,40-41H2,1-4H3,(H,67,83)(H,68,84)(H,69,81)(H,70,82)/t47-,48-,49+,50+,51+,54?,55+,56+,57+,58+,59+/m1/s1. The number of carbonyl (C=O) groups excluding carboxylic acids is 6. The number of likely N-dealkylation sites (N-methyl/N-ethyl adjacent to an activating group) is 1. The van der Waals surface area contributed by atoms with Crippen molar-refractivity contribution in [1.82, 2.24) is 66.4 Å². The number of aliphatic hydroxyl groups is 2. The van der Waals surface area contributed by atoms with Crippen LogP contribution in [0.15, 0.2) is 97.3 Å². The van der Waals surface area contributed by atoms with Crippen molar-refractivity contribution in [3.8, 4) is 0 Å². The van der Waals surface area contributed by atoms with Gasteiger partial charge in [0.05, 0.1) is 30.5 Å². The third kappa shape index (κ3) is 15.1. The molecule has 4 aliphatic heterocycles. The highest BCUT2D eigenvalue weighted by Gasteiger charge is 2.50. The van der Waals surface area contributed by atoms with Crippen LogP contribution in [0.1, 0.15) is 163 Å². The molecule has 21 heteroatoms. The number of hydrogen-bond donors (Lipinski definition) is 7. The van der Waals surface area contributed by atoms with E-state index in [1.165, 1.54) is 11.1 Å². The summed E-state index contributed by atoms with van der Waals surface area (Å²) in [5, 5.41) is 54.0. The molecule has 9 rings (SSSR count). The average Bonchev–Trinajstić information content (AvgIpc) is 2.18. The maximum Gasteiger partial charge on any atom is 0.246 e. The summed E-state index contributed by atoms with van der Waals surface area (Å²) in [4.78, 5) is 87.1. The van der Waals surface area contributed by atoms with Gasteiger partial charge in [0.15, 0.2) is 0 Å². The molecule has 462 valence electrons. The summed E-state index contributed by atoms with van der Waals surface area (Å²) < 4.78 is 3.64. The van der Waals surface area contributed by atoms with Crippen LogP contribution in [0.3, 0.4) is 0 Å². The highest BCUT2D eigenvalue weighted by atomic mass is 16.3. The van der Waals surface area contributed by atoms with Gasteiger partial charge in [0.1, 0.15) is 35.6 Å². The number of aliphatic hydroxyl groups excluding tert-OH is 2. The van der Waals surface area contributed by atoms with Gasteiger partial charge < -0.3 is 46.6 Å². The number of aromatic nitrogens is 6. The molecule has 3 aromatic carbocycles. The van der Waals surface area contributed by atoms with Crippen molar-refractivity contribution >= 4 is 35.4 Å². The first kappa shape index (κ1) is 63.2. The maximum atomic E-state index is 14.4. The second-order valence-electron chi connectivity index (χ2n) is 24.0. The van der Waals surface area contributed by atoms with Crippen molar-refractivity contribution < 1.29 is 39.0 Å². The normalized spacial score (nSPS) is 23.2. The molecule has 4 saturated heterocycles. The summed E-state index contributed by atoms with van der Waals surface area (Å²) >= 11 is 0. The van der Waals surface area contributed by atoms with E-state index in [1.54, 1.807) is 16.8 Å². The predicted octanol–water partition coefficient (Wildman–Crippen LogP) is 5.25. The lowest BCUT2D eigenvalue weighted by molar-refractivity contribution is -0.144. The van der Waals surface area contributed by atoms with Gasteiger partial charge in [-0.05, 0) is 138 Å². The Labute approximate surface area is 505 Å². The number of rotatable bonds is 28. The van der Waals surface area contributed by atoms with Crippen LogP contribution in [0.4, 0.5) is 0 Å². The zero-order valence-electron chi connectivity index (χ0n) is 50.4. The molecule has 2 aromatic heterocycles. The minimum atomic E-state index is -0.939. The lowest BCUT2D eigenvalue weighted by Crippen LogP contribution is -2.58. The Kier molecular flexibility index (Phi) is 22.3. The zero-order valence-corrected chi connectivity index (χ0v) is 50.4. The van der Waals surface area contributed by atoms with Crippen molar-refractivity contribution in [3.05, 3.63) is 131 Å². The van der Waals surface area contributed by atoms with Crippen LogP contribution in [0.25, 0.3) is 0 Å². The van der Waals surface area contributed by atoms with Gasteiger partial charge in [-0.15, -0.1) is 10.2 Å². The van der Waals surface area contributed by atoms with Gasteiger partial charge in [0.25, 0.3) is 0 Å². The first-order chi connectivity index (χ1) is 41.9. The third-order valence-corrected chi connectivity index (χ3v) is 18.6. The fraction of sp³-hybridized carbons (Fsp3) is 0.569. The van der Waals surface area contributed by atoms with Crippen molar-refractivity contribution in [1.29, 1.82) is 0 Å². The highest BCUT2D eigenvalue weighted by Crippen LogP contribution is 2.37. The lowest BCUT2D eigenvalue weighted by atomic mass is 9.93. The Bertz CT molecular complexity index is 2820. The molecule has 0 radical (unpaired) electrons. The van der Waals surface area contributed by atoms with Gasteiger partial charge in [-0.2, -0.15) is 0 Å². The number of amides is 6. The number of unbranched alkanes of at least 4 members (excludes halogenated alkanes) is 2. The van der Waals surface area contributed by atoms with E-state index < -0.39 is 54.1 Å². The molecule has 0 spiro atoms. The summed E-state index contributed by atoms with van der Waals surface area (Å²) in [6.07, 6.45) is 15.7. The number of fused-ring (bicyclic) bond motifs is 2. The highest BCUT2D eigenvalue weighted by molar-refractivity contribution is 5.95. The SMILES string of the molecule is CCC(CC)C(=O)N[C@@H]1C(=O)N2C(C(=O)N[C@@H](c3ccccc3)c3cn(CCCCc4ccc(CCCCn5cc([C@@H](NC(=O)[C@@H]6CC[C@@H]7CC[C@H](CO)[C@H](NC(=O)[C@H](CC)NC)C(=O)N76)c6ccccc6)nn5)cc4)nn3)CC[C@@H]2CC[C@@H]1CO. The molecule has 7 N–H and O–H groups in total. The zero-order chi connectivity index (χ0) is 60.7. The van der Waals surface area contributed by atoms with Gasteiger partial charge >= 0.3 is 0 Å². The van der Waals surface area contributed by atoms with E-state index in [0.717, 1.165) is 49.7 Å². The minimum Gasteiger partial charge on any atom is -0.396 e. The maximum absolute atomic E-state index is 14.4. The molecule has 4 fully saturated rings. The number of nitrogens with one attached hydrogen (secondary N) is 5. The number of aryl methyl sites for hydroxylation is 4. The molecule has 5 aromatic rings. The Morgan fingerprint density at radius 1 is 0.547 bits per heavy atom. The second-order valence-corrected chi connectivity index (χ2v) is 24.0. The van der Waals surface area contributed by atoms with Crippen LogP contribution in [-0.2, 0) is 54.7 Å². The summed E-state index contributed by atoms with van der Waals surface area (Å²) in [5.41, 5.74) is 5.36. The van der Waals surface area contributed by atoms with Crippen molar-refractivity contribution in [3.63, 3.8) is 0 Å². The fourth-order valence-electron chi connectivity index (χ4n) is 13.5. The molecule has 11 atom stereocenters. The van der Waals surface area contributed by atoms with Crippen LogP contribution in [0, 0.1) is 17.8 Å². The van der Waals surface area contributed by atoms with Gasteiger partial charge in [-0.25, -0.2) is 0 Å². The van der Waals surface area contributed by atoms with Crippen LogP contribution < -0.4 is 26.6 Å². The van der Waals surface area contributed by atoms with Crippen LogP contribution >= 0.6 is 0 Å². The first-order valence-electron chi connectivity index (χ1n) is 31.6. The van der Waals surface area contributed by atoms with E-state index in [4.69, 9.17) is 0 Å². The van der Waals surface area contributed by atoms with E-state index in [0.29, 0.717) is 95.1 Å². The van der Waals surface area contributed by atoms with Crippen LogP contribution in [0.5, 0.6) is 0 Å². The fourth-order valence-corrected chi connectivity index (χ4v) is 13.5. The first-order valence-corrected chi connectivity index (χ1v) is 31.6. The molecule has 6 amide bonds. The van der Waals surface area contributed by atoms with E-state index in [-0.39, 0.29) is 66.7 Å². The molecular formula is C65H89N13O8. The smallest absolute Gasteiger partial charge is 0.246 e. The monoisotopic (exact) mass is 1180 g/mol. The summed E-state index contributed by atoms with van der Waals surface area (Å²) in [6.45, 7) is 6.60. The molecular weight excluding hydrogens is 1090 g/mol. The molecule has 21 nitrogen and oxygen atoms in total. The average molecular weight is 1180 g/mol. The van der Waals surface area contributed by atoms with E-state index >= 15 is 0 Å². The Balaban J connectivity index is 0.740. The van der Waals surface area contributed by atoms with Crippen molar-refractivity contribution in [2.75, 3.05) is 20.3 Å². The minimum absolute atomic E-state index is 0.156. The lowest BCUT2D eigenvalue weighted by Gasteiger charge is -2.33. The van der Waals surface area contributed by atoms with Gasteiger partial charge in [-0.3, -0.25) is 38.1 Å². The quantitative estimate of drug-likeness (QED) is 0.0316. The van der Waals surface area contributed by atoms with Crippen molar-refractivity contribution in [2.24, 2.45) is 17.8 Å². The topological polar surface area (TPSA) is 271 Å². The molecule has 0 saturated carbocycles. The molecule has 0 bridgehead atoms. The third-order valence-electron chi connectivity index (χ3n) is 18.6. The second kappa shape index (κ2) is 30.3. The number of benzene rings is 3. The van der Waals surface area contributed by atoms with Gasteiger partial charge in [0.2, 0.25) is 35.4 Å². The largest absolute Gasteiger partial charge is 0.396 e. The Morgan fingerprint density at radius 2 is 0.965 bits per heavy atom. The number of hydrogen-bond acceptors (Lipinski definition) is 13. The predicted molar refractivity (Wildman–Crippen MR) is 323 cm³/mol. The molecule has 0 aliphatic carbocycles. The number of carbonyl (C=O) groups is 6. The van der Waals surface area contributed by atoms with E-state index in [9.17, 15) is 39.0 Å². The molecule has 6 heterocycles. The van der Waals surface area contributed by atoms with Crippen molar-refractivity contribution in [2.45, 2.75) is 197 Å². The Morgan fingerprint density at radius 3 is 1.36 bits per heavy atom. The van der Waals surface area contributed by atoms with E-state index in [1.807, 2.05) is 103 Å². The van der Waals surface area contributed by atoms with Gasteiger partial charge in [0, 0.05) is 56.1 Å². The van der Waals surface area contributed by atoms with Crippen LogP contribution in [-0.4, -0.2) is 148 Å².